The summed E-state index contributed by atoms with van der Waals surface area (Å²) in [6.45, 7) is 5.35. The molecule has 0 bridgehead atoms. The number of hydrogen-bond acceptors (Lipinski definition) is 4. The van der Waals surface area contributed by atoms with Crippen molar-refractivity contribution in [2.45, 2.75) is 32.0 Å². The number of thioether (sulfide) groups is 1. The maximum absolute atomic E-state index is 12.7. The monoisotopic (exact) mass is 354 g/mol. The van der Waals surface area contributed by atoms with Gasteiger partial charge in [-0.1, -0.05) is 49.0 Å². The van der Waals surface area contributed by atoms with Crippen molar-refractivity contribution in [2.24, 2.45) is 0 Å². The summed E-state index contributed by atoms with van der Waals surface area (Å²) in [6.07, 6.45) is 0.896. The van der Waals surface area contributed by atoms with Crippen LogP contribution < -0.4 is 10.3 Å². The average Bonchev–Trinajstić information content (AvgIpc) is 2.63. The molecule has 130 valence electrons. The standard InChI is InChI=1S/C20H22N2O2S/c1-3-12-22-19(23)16-9-5-6-10-17(16)21-20(22)25-14-13-24-18-11-7-4-8-15(18)2/h4-11H,3,12-14H2,1-2H3. The lowest BCUT2D eigenvalue weighted by Crippen LogP contribution is -2.23. The summed E-state index contributed by atoms with van der Waals surface area (Å²) in [6, 6.07) is 15.5. The summed E-state index contributed by atoms with van der Waals surface area (Å²) >= 11 is 1.57. The molecule has 3 aromatic rings. The highest BCUT2D eigenvalue weighted by atomic mass is 32.2. The lowest BCUT2D eigenvalue weighted by molar-refractivity contribution is 0.341. The molecule has 5 heteroatoms. The minimum absolute atomic E-state index is 0.0368. The van der Waals surface area contributed by atoms with Crippen molar-refractivity contribution < 1.29 is 4.74 Å². The van der Waals surface area contributed by atoms with Crippen LogP contribution in [0.25, 0.3) is 10.9 Å². The predicted octanol–water partition coefficient (Wildman–Crippen LogP) is 4.29. The van der Waals surface area contributed by atoms with E-state index in [4.69, 9.17) is 4.74 Å². The van der Waals surface area contributed by atoms with Crippen molar-refractivity contribution in [3.8, 4) is 5.75 Å². The molecule has 0 radical (unpaired) electrons. The Morgan fingerprint density at radius 3 is 2.68 bits per heavy atom. The normalized spacial score (nSPS) is 11.0. The Morgan fingerprint density at radius 2 is 1.88 bits per heavy atom. The van der Waals surface area contributed by atoms with Gasteiger partial charge in [0, 0.05) is 12.3 Å². The second-order valence-electron chi connectivity index (χ2n) is 5.83. The van der Waals surface area contributed by atoms with Crippen LogP contribution in [0.3, 0.4) is 0 Å². The van der Waals surface area contributed by atoms with Gasteiger partial charge in [0.15, 0.2) is 5.16 Å². The van der Waals surface area contributed by atoms with Crippen LogP contribution >= 0.6 is 11.8 Å². The highest BCUT2D eigenvalue weighted by molar-refractivity contribution is 7.99. The molecule has 0 aliphatic heterocycles. The third kappa shape index (κ3) is 4.04. The van der Waals surface area contributed by atoms with Crippen molar-refractivity contribution in [1.82, 2.24) is 9.55 Å². The van der Waals surface area contributed by atoms with E-state index < -0.39 is 0 Å². The Hall–Kier alpha value is -2.27. The summed E-state index contributed by atoms with van der Waals surface area (Å²) in [5.74, 6) is 1.64. The van der Waals surface area contributed by atoms with Gasteiger partial charge in [0.1, 0.15) is 5.75 Å². The van der Waals surface area contributed by atoms with E-state index in [1.54, 1.807) is 16.3 Å². The van der Waals surface area contributed by atoms with Crippen LogP contribution in [0.15, 0.2) is 58.5 Å². The van der Waals surface area contributed by atoms with E-state index in [1.165, 1.54) is 0 Å². The van der Waals surface area contributed by atoms with Gasteiger partial charge in [0.2, 0.25) is 0 Å². The minimum Gasteiger partial charge on any atom is -0.492 e. The lowest BCUT2D eigenvalue weighted by atomic mass is 10.2. The van der Waals surface area contributed by atoms with Crippen molar-refractivity contribution in [2.75, 3.05) is 12.4 Å². The third-order valence-corrected chi connectivity index (χ3v) is 4.88. The molecule has 0 amide bonds. The number of rotatable bonds is 7. The quantitative estimate of drug-likeness (QED) is 0.361. The Labute approximate surface area is 151 Å². The number of benzene rings is 2. The lowest BCUT2D eigenvalue weighted by Gasteiger charge is -2.13. The van der Waals surface area contributed by atoms with E-state index >= 15 is 0 Å². The minimum atomic E-state index is 0.0368. The molecular weight excluding hydrogens is 332 g/mol. The molecule has 0 saturated heterocycles. The molecule has 4 nitrogen and oxygen atoms in total. The molecule has 0 aliphatic rings. The Morgan fingerprint density at radius 1 is 1.12 bits per heavy atom. The fourth-order valence-corrected chi connectivity index (χ4v) is 3.52. The van der Waals surface area contributed by atoms with Gasteiger partial charge >= 0.3 is 0 Å². The molecule has 0 saturated carbocycles. The maximum atomic E-state index is 12.7. The first-order chi connectivity index (χ1) is 12.2. The highest BCUT2D eigenvalue weighted by Gasteiger charge is 2.10. The van der Waals surface area contributed by atoms with Crippen LogP contribution in [0.1, 0.15) is 18.9 Å². The second-order valence-corrected chi connectivity index (χ2v) is 6.89. The van der Waals surface area contributed by atoms with Crippen LogP contribution in [0, 0.1) is 6.92 Å². The summed E-state index contributed by atoms with van der Waals surface area (Å²) in [7, 11) is 0. The summed E-state index contributed by atoms with van der Waals surface area (Å²) < 4.78 is 7.62. The number of aryl methyl sites for hydroxylation is 1. The van der Waals surface area contributed by atoms with E-state index in [1.807, 2.05) is 55.5 Å². The first kappa shape index (κ1) is 17.5. The Kier molecular flexibility index (Phi) is 5.76. The zero-order valence-electron chi connectivity index (χ0n) is 14.6. The fraction of sp³-hybridized carbons (Fsp3) is 0.300. The molecular formula is C20H22N2O2S. The van der Waals surface area contributed by atoms with Crippen LogP contribution in [0.5, 0.6) is 5.75 Å². The zero-order chi connectivity index (χ0) is 17.6. The molecule has 0 spiro atoms. The van der Waals surface area contributed by atoms with Gasteiger partial charge < -0.3 is 4.74 Å². The number of fused-ring (bicyclic) bond motifs is 1. The van der Waals surface area contributed by atoms with Gasteiger partial charge in [-0.05, 0) is 37.1 Å². The van der Waals surface area contributed by atoms with E-state index in [2.05, 4.69) is 11.9 Å². The fourth-order valence-electron chi connectivity index (χ4n) is 2.68. The van der Waals surface area contributed by atoms with Crippen LogP contribution in [-0.4, -0.2) is 21.9 Å². The van der Waals surface area contributed by atoms with Gasteiger partial charge in [-0.2, -0.15) is 0 Å². The highest BCUT2D eigenvalue weighted by Crippen LogP contribution is 2.20. The van der Waals surface area contributed by atoms with Gasteiger partial charge in [-0.3, -0.25) is 9.36 Å². The third-order valence-electron chi connectivity index (χ3n) is 3.94. The largest absolute Gasteiger partial charge is 0.492 e. The summed E-state index contributed by atoms with van der Waals surface area (Å²) in [4.78, 5) is 17.4. The van der Waals surface area contributed by atoms with Crippen molar-refractivity contribution in [3.63, 3.8) is 0 Å². The molecule has 1 heterocycles. The zero-order valence-corrected chi connectivity index (χ0v) is 15.4. The number of ether oxygens (including phenoxy) is 1. The molecule has 1 aromatic heterocycles. The molecule has 0 unspecified atom stereocenters. The number of nitrogens with zero attached hydrogens (tertiary/aromatic N) is 2. The maximum Gasteiger partial charge on any atom is 0.262 e. The Balaban J connectivity index is 1.75. The van der Waals surface area contributed by atoms with Crippen molar-refractivity contribution in [3.05, 3.63) is 64.4 Å². The smallest absolute Gasteiger partial charge is 0.262 e. The second kappa shape index (κ2) is 8.21. The van der Waals surface area contributed by atoms with E-state index in [0.717, 1.165) is 34.2 Å². The van der Waals surface area contributed by atoms with Gasteiger partial charge in [0.05, 0.1) is 17.5 Å². The van der Waals surface area contributed by atoms with Gasteiger partial charge in [0.25, 0.3) is 5.56 Å². The van der Waals surface area contributed by atoms with Crippen LogP contribution in [-0.2, 0) is 6.54 Å². The van der Waals surface area contributed by atoms with Crippen molar-refractivity contribution in [1.29, 1.82) is 0 Å². The van der Waals surface area contributed by atoms with Gasteiger partial charge in [-0.15, -0.1) is 0 Å². The van der Waals surface area contributed by atoms with Crippen molar-refractivity contribution >= 4 is 22.7 Å². The first-order valence-electron chi connectivity index (χ1n) is 8.51. The average molecular weight is 354 g/mol. The molecule has 2 aromatic carbocycles. The van der Waals surface area contributed by atoms with E-state index in [-0.39, 0.29) is 5.56 Å². The van der Waals surface area contributed by atoms with Crippen LogP contribution in [0.2, 0.25) is 0 Å². The molecule has 25 heavy (non-hydrogen) atoms. The van der Waals surface area contributed by atoms with E-state index in [0.29, 0.717) is 18.5 Å². The van der Waals surface area contributed by atoms with Crippen LogP contribution in [0.4, 0.5) is 0 Å². The molecule has 0 atom stereocenters. The predicted molar refractivity (Wildman–Crippen MR) is 104 cm³/mol. The first-order valence-corrected chi connectivity index (χ1v) is 9.50. The number of para-hydroxylation sites is 2. The number of hydrogen-bond donors (Lipinski definition) is 0. The number of aromatic nitrogens is 2. The van der Waals surface area contributed by atoms with E-state index in [9.17, 15) is 4.79 Å². The summed E-state index contributed by atoms with van der Waals surface area (Å²) in [5.41, 5.74) is 1.91. The topological polar surface area (TPSA) is 44.1 Å². The summed E-state index contributed by atoms with van der Waals surface area (Å²) in [5, 5.41) is 1.44. The molecule has 0 fully saturated rings. The molecule has 0 aliphatic carbocycles. The van der Waals surface area contributed by atoms with Gasteiger partial charge in [-0.25, -0.2) is 4.98 Å². The SMILES string of the molecule is CCCn1c(SCCOc2ccccc2C)nc2ccccc2c1=O. The Bertz CT molecular complexity index is 921. The molecule has 0 N–H and O–H groups in total. The molecule has 3 rings (SSSR count).